The summed E-state index contributed by atoms with van der Waals surface area (Å²) in [5.41, 5.74) is -1.17. The molecule has 0 aromatic heterocycles. The number of carbonyl (C=O) groups is 1. The van der Waals surface area contributed by atoms with Crippen molar-refractivity contribution in [2.24, 2.45) is 23.7 Å². The van der Waals surface area contributed by atoms with Gasteiger partial charge in [0.05, 0.1) is 6.42 Å². The predicted molar refractivity (Wildman–Crippen MR) is 71.4 cm³/mol. The molecule has 0 aromatic rings. The van der Waals surface area contributed by atoms with Crippen molar-refractivity contribution in [3.05, 3.63) is 12.2 Å². The lowest BCUT2D eigenvalue weighted by Crippen LogP contribution is -2.61. The van der Waals surface area contributed by atoms with Crippen molar-refractivity contribution in [2.75, 3.05) is 0 Å². The first kappa shape index (κ1) is 14.9. The van der Waals surface area contributed by atoms with Gasteiger partial charge in [-0.1, -0.05) is 6.58 Å². The Kier molecular flexibility index (Phi) is 3.37. The van der Waals surface area contributed by atoms with Crippen LogP contribution in [-0.4, -0.2) is 17.7 Å². The zero-order valence-electron chi connectivity index (χ0n) is 12.2. The maximum Gasteiger partial charge on any atom is 0.392 e. The van der Waals surface area contributed by atoms with E-state index in [9.17, 15) is 18.0 Å². The maximum atomic E-state index is 13.1. The second kappa shape index (κ2) is 4.75. The summed E-state index contributed by atoms with van der Waals surface area (Å²) >= 11 is 0. The van der Waals surface area contributed by atoms with Gasteiger partial charge in [-0.25, -0.2) is 4.79 Å². The summed E-state index contributed by atoms with van der Waals surface area (Å²) in [4.78, 5) is 11.9. The highest BCUT2D eigenvalue weighted by molar-refractivity contribution is 5.87. The summed E-state index contributed by atoms with van der Waals surface area (Å²) in [5, 5.41) is 0. The fourth-order valence-electron chi connectivity index (χ4n) is 5.05. The van der Waals surface area contributed by atoms with Gasteiger partial charge in [0.2, 0.25) is 0 Å². The van der Waals surface area contributed by atoms with Crippen LogP contribution in [0.15, 0.2) is 12.2 Å². The molecule has 4 aliphatic carbocycles. The van der Waals surface area contributed by atoms with Crippen LogP contribution >= 0.6 is 0 Å². The molecule has 4 rings (SSSR count). The Bertz CT molecular complexity index is 439. The fraction of sp³-hybridized carbons (Fsp3) is 0.812. The number of esters is 1. The fourth-order valence-corrected chi connectivity index (χ4v) is 5.05. The van der Waals surface area contributed by atoms with E-state index in [-0.39, 0.29) is 17.4 Å². The number of alkyl halides is 3. The van der Waals surface area contributed by atoms with Crippen molar-refractivity contribution in [3.8, 4) is 0 Å². The molecule has 4 saturated carbocycles. The highest BCUT2D eigenvalue weighted by Crippen LogP contribution is 2.62. The molecule has 0 spiro atoms. The lowest BCUT2D eigenvalue weighted by molar-refractivity contribution is -0.250. The Morgan fingerprint density at radius 3 is 2.00 bits per heavy atom. The van der Waals surface area contributed by atoms with E-state index in [2.05, 4.69) is 6.58 Å². The van der Waals surface area contributed by atoms with E-state index in [0.29, 0.717) is 11.8 Å². The molecule has 0 N–H and O–H groups in total. The maximum absolute atomic E-state index is 13.1. The van der Waals surface area contributed by atoms with Crippen molar-refractivity contribution in [1.29, 1.82) is 0 Å². The molecule has 4 bridgehead atoms. The molecule has 0 saturated heterocycles. The van der Waals surface area contributed by atoms with Gasteiger partial charge in [-0.15, -0.1) is 0 Å². The second-order valence-electron chi connectivity index (χ2n) is 7.22. The van der Waals surface area contributed by atoms with Gasteiger partial charge in [-0.05, 0) is 62.7 Å². The van der Waals surface area contributed by atoms with E-state index >= 15 is 0 Å². The van der Waals surface area contributed by atoms with Crippen LogP contribution in [0.2, 0.25) is 0 Å². The molecule has 0 heterocycles. The van der Waals surface area contributed by atoms with Gasteiger partial charge in [0, 0.05) is 5.57 Å². The van der Waals surface area contributed by atoms with E-state index in [4.69, 9.17) is 4.74 Å². The molecule has 4 aliphatic rings. The molecular weight excluding hydrogens is 281 g/mol. The average Bonchev–Trinajstić information content (AvgIpc) is 2.32. The van der Waals surface area contributed by atoms with Crippen molar-refractivity contribution in [1.82, 2.24) is 0 Å². The van der Waals surface area contributed by atoms with E-state index in [1.165, 1.54) is 6.92 Å². The normalized spacial score (nSPS) is 41.1. The van der Waals surface area contributed by atoms with Gasteiger partial charge >= 0.3 is 12.1 Å². The molecule has 0 atom stereocenters. The van der Waals surface area contributed by atoms with Crippen molar-refractivity contribution in [3.63, 3.8) is 0 Å². The van der Waals surface area contributed by atoms with E-state index in [1.807, 2.05) is 0 Å². The van der Waals surface area contributed by atoms with Crippen molar-refractivity contribution >= 4 is 5.97 Å². The van der Waals surface area contributed by atoms with Gasteiger partial charge in [-0.3, -0.25) is 0 Å². The minimum Gasteiger partial charge on any atom is -0.455 e. The number of hydrogen-bond donors (Lipinski definition) is 0. The Balaban J connectivity index is 1.92. The Hall–Kier alpha value is -1.00. The molecule has 4 fully saturated rings. The first-order valence-electron chi connectivity index (χ1n) is 7.65. The predicted octanol–water partition coefficient (Wildman–Crippen LogP) is 4.25. The van der Waals surface area contributed by atoms with Crippen LogP contribution in [-0.2, 0) is 9.53 Å². The average molecular weight is 302 g/mol. The highest BCUT2D eigenvalue weighted by Gasteiger charge is 2.62. The van der Waals surface area contributed by atoms with E-state index in [1.54, 1.807) is 0 Å². The molecule has 0 aliphatic heterocycles. The number of hydrogen-bond acceptors (Lipinski definition) is 2. The molecule has 118 valence electrons. The van der Waals surface area contributed by atoms with Gasteiger partial charge in [0.1, 0.15) is 5.60 Å². The molecular formula is C16H21F3O2. The van der Waals surface area contributed by atoms with Crippen LogP contribution in [0.1, 0.15) is 45.4 Å². The number of rotatable bonds is 3. The minimum absolute atomic E-state index is 0.140. The largest absolute Gasteiger partial charge is 0.455 e. The van der Waals surface area contributed by atoms with Crippen LogP contribution in [0.25, 0.3) is 0 Å². The molecule has 2 nitrogen and oxygen atoms in total. The topological polar surface area (TPSA) is 26.3 Å². The second-order valence-corrected chi connectivity index (χ2v) is 7.22. The Labute approximate surface area is 122 Å². The smallest absolute Gasteiger partial charge is 0.392 e. The Morgan fingerprint density at radius 1 is 1.14 bits per heavy atom. The molecule has 21 heavy (non-hydrogen) atoms. The van der Waals surface area contributed by atoms with E-state index in [0.717, 1.165) is 32.1 Å². The summed E-state index contributed by atoms with van der Waals surface area (Å²) in [7, 11) is 0. The monoisotopic (exact) mass is 302 g/mol. The first-order valence-corrected chi connectivity index (χ1v) is 7.65. The third-order valence-electron chi connectivity index (χ3n) is 5.63. The summed E-state index contributed by atoms with van der Waals surface area (Å²) in [6.45, 7) is 5.00. The molecule has 0 unspecified atom stereocenters. The summed E-state index contributed by atoms with van der Waals surface area (Å²) in [6, 6.07) is 0. The zero-order chi connectivity index (χ0) is 15.4. The summed E-state index contributed by atoms with van der Waals surface area (Å²) < 4.78 is 44.9. The van der Waals surface area contributed by atoms with Crippen LogP contribution < -0.4 is 0 Å². The number of carbonyl (C=O) groups excluding carboxylic acids is 1. The van der Waals surface area contributed by atoms with E-state index < -0.39 is 24.2 Å². The third-order valence-corrected chi connectivity index (χ3v) is 5.63. The lowest BCUT2D eigenvalue weighted by atomic mass is 9.49. The lowest BCUT2D eigenvalue weighted by Gasteiger charge is -2.60. The van der Waals surface area contributed by atoms with Crippen LogP contribution in [0, 0.1) is 23.7 Å². The van der Waals surface area contributed by atoms with Crippen molar-refractivity contribution in [2.45, 2.75) is 57.2 Å². The molecule has 0 aromatic carbocycles. The zero-order valence-corrected chi connectivity index (χ0v) is 12.2. The van der Waals surface area contributed by atoms with Gasteiger partial charge in [-0.2, -0.15) is 13.2 Å². The standard InChI is InChI=1S/C16H21F3O2/c1-9(2)14(20)21-15(8-16(17,18)19)12-4-10-3-11(6-12)7-13(15)5-10/h10-13H,1,3-8H2,2H3. The number of halogens is 3. The molecule has 0 amide bonds. The van der Waals surface area contributed by atoms with Crippen LogP contribution in [0.4, 0.5) is 13.2 Å². The Morgan fingerprint density at radius 2 is 1.62 bits per heavy atom. The molecule has 5 heteroatoms. The summed E-state index contributed by atoms with van der Waals surface area (Å²) in [5.74, 6) is 0.0962. The summed E-state index contributed by atoms with van der Waals surface area (Å²) in [6.07, 6.45) is -1.10. The quantitative estimate of drug-likeness (QED) is 0.575. The third kappa shape index (κ3) is 2.59. The van der Waals surface area contributed by atoms with Crippen LogP contribution in [0.3, 0.4) is 0 Å². The van der Waals surface area contributed by atoms with Gasteiger partial charge in [0.15, 0.2) is 0 Å². The van der Waals surface area contributed by atoms with Crippen molar-refractivity contribution < 1.29 is 22.7 Å². The molecule has 0 radical (unpaired) electrons. The van der Waals surface area contributed by atoms with Gasteiger partial charge in [0.25, 0.3) is 0 Å². The first-order chi connectivity index (χ1) is 9.69. The van der Waals surface area contributed by atoms with Gasteiger partial charge < -0.3 is 4.74 Å². The highest BCUT2D eigenvalue weighted by atomic mass is 19.4. The SMILES string of the molecule is C=C(C)C(=O)OC1(CC(F)(F)F)C2CC3CC(C2)CC1C3. The van der Waals surface area contributed by atoms with Crippen LogP contribution in [0.5, 0.6) is 0 Å². The number of ether oxygens (including phenoxy) is 1. The minimum atomic E-state index is -4.31.